The number of carbonyl (C=O) groups is 2. The molecule has 0 heterocycles. The molecule has 0 radical (unpaired) electrons. The molecule has 132 valence electrons. The molecule has 2 aromatic rings. The average Bonchev–Trinajstić information content (AvgIpc) is 2.59. The van der Waals surface area contributed by atoms with Gasteiger partial charge in [-0.3, -0.25) is 20.4 Å². The van der Waals surface area contributed by atoms with E-state index in [0.29, 0.717) is 16.9 Å². The fourth-order valence-corrected chi connectivity index (χ4v) is 2.17. The van der Waals surface area contributed by atoms with Crippen LogP contribution in [0.2, 0.25) is 0 Å². The van der Waals surface area contributed by atoms with Gasteiger partial charge in [-0.2, -0.15) is 0 Å². The molecule has 0 spiro atoms. The average molecular weight is 344 g/mol. The first-order valence-corrected chi connectivity index (χ1v) is 8.05. The minimum atomic E-state index is -0.435. The van der Waals surface area contributed by atoms with E-state index in [4.69, 9.17) is 4.74 Å². The molecule has 0 saturated carbocycles. The van der Waals surface area contributed by atoms with Crippen LogP contribution < -0.4 is 15.6 Å². The van der Waals surface area contributed by atoms with Gasteiger partial charge in [0.2, 0.25) is 5.91 Å². The summed E-state index contributed by atoms with van der Waals surface area (Å²) in [7, 11) is 0. The van der Waals surface area contributed by atoms with Crippen LogP contribution in [0, 0.1) is 5.82 Å². The zero-order valence-corrected chi connectivity index (χ0v) is 14.2. The van der Waals surface area contributed by atoms with E-state index in [0.717, 1.165) is 0 Å². The number of carbonyl (C=O) groups excluding carboxylic acids is 2. The number of hydrogen-bond donors (Lipinski definition) is 2. The molecule has 0 aliphatic carbocycles. The number of rotatable bonds is 6. The monoisotopic (exact) mass is 344 g/mol. The van der Waals surface area contributed by atoms with Gasteiger partial charge >= 0.3 is 0 Å². The number of benzene rings is 2. The summed E-state index contributed by atoms with van der Waals surface area (Å²) in [5.74, 6) is -0.504. The molecule has 0 fully saturated rings. The molecule has 0 aliphatic rings. The van der Waals surface area contributed by atoms with Crippen molar-refractivity contribution in [3.05, 3.63) is 65.5 Å². The highest BCUT2D eigenvalue weighted by Crippen LogP contribution is 2.13. The smallest absolute Gasteiger partial charge is 0.269 e. The van der Waals surface area contributed by atoms with Crippen molar-refractivity contribution in [1.82, 2.24) is 10.9 Å². The van der Waals surface area contributed by atoms with E-state index in [-0.39, 0.29) is 24.8 Å². The number of hydrogen-bond acceptors (Lipinski definition) is 3. The number of halogens is 1. The highest BCUT2D eigenvalue weighted by Gasteiger charge is 2.09. The van der Waals surface area contributed by atoms with Gasteiger partial charge in [0.05, 0.1) is 6.10 Å². The Kier molecular flexibility index (Phi) is 6.51. The molecular weight excluding hydrogens is 323 g/mol. The topological polar surface area (TPSA) is 67.4 Å². The Balaban J connectivity index is 1.79. The second kappa shape index (κ2) is 8.82. The number of aryl methyl sites for hydroxylation is 1. The fourth-order valence-electron chi connectivity index (χ4n) is 2.17. The van der Waals surface area contributed by atoms with E-state index >= 15 is 0 Å². The fraction of sp³-hybridized carbons (Fsp3) is 0.263. The SMILES string of the molecule is CC(C)Oc1ccc(C(=O)NNC(=O)CCc2ccccc2F)cc1. The van der Waals surface area contributed by atoms with E-state index in [1.807, 2.05) is 13.8 Å². The van der Waals surface area contributed by atoms with E-state index in [1.165, 1.54) is 6.07 Å². The van der Waals surface area contributed by atoms with Crippen molar-refractivity contribution in [2.24, 2.45) is 0 Å². The molecule has 0 saturated heterocycles. The maximum atomic E-state index is 13.5. The first kappa shape index (κ1) is 18.4. The Morgan fingerprint density at radius 2 is 1.72 bits per heavy atom. The van der Waals surface area contributed by atoms with E-state index in [9.17, 15) is 14.0 Å². The maximum Gasteiger partial charge on any atom is 0.269 e. The predicted octanol–water partition coefficient (Wildman–Crippen LogP) is 3.01. The van der Waals surface area contributed by atoms with Crippen molar-refractivity contribution in [2.45, 2.75) is 32.8 Å². The molecule has 2 amide bonds. The molecule has 2 N–H and O–H groups in total. The molecule has 6 heteroatoms. The minimum Gasteiger partial charge on any atom is -0.491 e. The van der Waals surface area contributed by atoms with Crippen LogP contribution in [-0.2, 0) is 11.2 Å². The summed E-state index contributed by atoms with van der Waals surface area (Å²) in [5, 5.41) is 0. The molecule has 0 atom stereocenters. The van der Waals surface area contributed by atoms with E-state index in [2.05, 4.69) is 10.9 Å². The first-order chi connectivity index (χ1) is 12.0. The Labute approximate surface area is 146 Å². The third-order valence-electron chi connectivity index (χ3n) is 3.38. The molecule has 0 bridgehead atoms. The first-order valence-electron chi connectivity index (χ1n) is 8.05. The van der Waals surface area contributed by atoms with Crippen LogP contribution >= 0.6 is 0 Å². The summed E-state index contributed by atoms with van der Waals surface area (Å²) in [5.41, 5.74) is 5.52. The van der Waals surface area contributed by atoms with Crippen molar-refractivity contribution in [1.29, 1.82) is 0 Å². The molecule has 2 aromatic carbocycles. The van der Waals surface area contributed by atoms with Crippen molar-refractivity contribution in [2.75, 3.05) is 0 Å². The normalized spacial score (nSPS) is 10.4. The van der Waals surface area contributed by atoms with Crippen LogP contribution in [0.5, 0.6) is 5.75 Å². The molecule has 5 nitrogen and oxygen atoms in total. The quantitative estimate of drug-likeness (QED) is 0.792. The maximum absolute atomic E-state index is 13.5. The predicted molar refractivity (Wildman–Crippen MR) is 92.5 cm³/mol. The van der Waals surface area contributed by atoms with Gasteiger partial charge < -0.3 is 4.74 Å². The molecule has 2 rings (SSSR count). The minimum absolute atomic E-state index is 0.0495. The zero-order chi connectivity index (χ0) is 18.2. The Morgan fingerprint density at radius 1 is 1.04 bits per heavy atom. The highest BCUT2D eigenvalue weighted by molar-refractivity contribution is 5.95. The zero-order valence-electron chi connectivity index (χ0n) is 14.2. The third-order valence-corrected chi connectivity index (χ3v) is 3.38. The summed E-state index contributed by atoms with van der Waals surface area (Å²) in [6, 6.07) is 12.9. The van der Waals surface area contributed by atoms with Gasteiger partial charge in [0, 0.05) is 12.0 Å². The van der Waals surface area contributed by atoms with Gasteiger partial charge in [-0.05, 0) is 56.2 Å². The van der Waals surface area contributed by atoms with Gasteiger partial charge in [-0.15, -0.1) is 0 Å². The Hall–Kier alpha value is -2.89. The van der Waals surface area contributed by atoms with Gasteiger partial charge in [0.1, 0.15) is 11.6 Å². The van der Waals surface area contributed by atoms with Crippen LogP contribution in [0.15, 0.2) is 48.5 Å². The Bertz CT molecular complexity index is 730. The van der Waals surface area contributed by atoms with Crippen LogP contribution in [0.4, 0.5) is 4.39 Å². The van der Waals surface area contributed by atoms with Crippen LogP contribution in [-0.4, -0.2) is 17.9 Å². The standard InChI is InChI=1S/C19H21FN2O3/c1-13(2)25-16-10-7-15(8-11-16)19(24)22-21-18(23)12-9-14-5-3-4-6-17(14)20/h3-8,10-11,13H,9,12H2,1-2H3,(H,21,23)(H,22,24). The van der Waals surface area contributed by atoms with Crippen LogP contribution in [0.1, 0.15) is 36.2 Å². The highest BCUT2D eigenvalue weighted by atomic mass is 19.1. The van der Waals surface area contributed by atoms with Crippen LogP contribution in [0.25, 0.3) is 0 Å². The number of amides is 2. The van der Waals surface area contributed by atoms with Gasteiger partial charge in [-0.25, -0.2) is 4.39 Å². The summed E-state index contributed by atoms with van der Waals surface area (Å²) < 4.78 is 19.0. The second-order valence-electron chi connectivity index (χ2n) is 5.78. The summed E-state index contributed by atoms with van der Waals surface area (Å²) in [6.07, 6.45) is 0.381. The van der Waals surface area contributed by atoms with Crippen molar-refractivity contribution in [3.63, 3.8) is 0 Å². The molecule has 0 aromatic heterocycles. The van der Waals surface area contributed by atoms with E-state index in [1.54, 1.807) is 42.5 Å². The van der Waals surface area contributed by atoms with Gasteiger partial charge in [0.15, 0.2) is 0 Å². The lowest BCUT2D eigenvalue weighted by atomic mass is 10.1. The molecule has 0 aliphatic heterocycles. The summed E-state index contributed by atoms with van der Waals surface area (Å²) in [6.45, 7) is 3.83. The lowest BCUT2D eigenvalue weighted by Gasteiger charge is -2.11. The lowest BCUT2D eigenvalue weighted by molar-refractivity contribution is -0.121. The lowest BCUT2D eigenvalue weighted by Crippen LogP contribution is -2.41. The summed E-state index contributed by atoms with van der Waals surface area (Å²) in [4.78, 5) is 23.8. The van der Waals surface area contributed by atoms with E-state index < -0.39 is 11.8 Å². The van der Waals surface area contributed by atoms with Crippen molar-refractivity contribution in [3.8, 4) is 5.75 Å². The third kappa shape index (κ3) is 5.91. The number of nitrogens with one attached hydrogen (secondary N) is 2. The Morgan fingerprint density at radius 3 is 2.36 bits per heavy atom. The molecule has 0 unspecified atom stereocenters. The van der Waals surface area contributed by atoms with Crippen molar-refractivity contribution < 1.29 is 18.7 Å². The van der Waals surface area contributed by atoms with Gasteiger partial charge in [-0.1, -0.05) is 18.2 Å². The second-order valence-corrected chi connectivity index (χ2v) is 5.78. The number of ether oxygens (including phenoxy) is 1. The molecular formula is C19H21FN2O3. The van der Waals surface area contributed by atoms with Crippen molar-refractivity contribution >= 4 is 11.8 Å². The molecule has 25 heavy (non-hydrogen) atoms. The van der Waals surface area contributed by atoms with Crippen LogP contribution in [0.3, 0.4) is 0 Å². The largest absolute Gasteiger partial charge is 0.491 e. The summed E-state index contributed by atoms with van der Waals surface area (Å²) >= 11 is 0. The number of hydrazine groups is 1. The van der Waals surface area contributed by atoms with Gasteiger partial charge in [0.25, 0.3) is 5.91 Å².